The minimum atomic E-state index is -0.292. The molecule has 148 valence electrons. The molecule has 0 N–H and O–H groups in total. The monoisotopic (exact) mass is 425 g/mol. The van der Waals surface area contributed by atoms with Gasteiger partial charge in [-0.2, -0.15) is 5.26 Å². The van der Waals surface area contributed by atoms with Crippen molar-refractivity contribution in [1.29, 1.82) is 5.26 Å². The highest BCUT2D eigenvalue weighted by molar-refractivity contribution is 7.99. The van der Waals surface area contributed by atoms with Gasteiger partial charge in [-0.15, -0.1) is 23.1 Å². The molecule has 1 aliphatic rings. The van der Waals surface area contributed by atoms with Gasteiger partial charge >= 0.3 is 0 Å². The van der Waals surface area contributed by atoms with E-state index in [0.717, 1.165) is 65.3 Å². The summed E-state index contributed by atoms with van der Waals surface area (Å²) in [6.07, 6.45) is 0. The van der Waals surface area contributed by atoms with Gasteiger partial charge in [0.05, 0.1) is 29.3 Å². The second-order valence-corrected chi connectivity index (χ2v) is 8.66. The van der Waals surface area contributed by atoms with Crippen LogP contribution in [0.25, 0.3) is 21.7 Å². The molecule has 0 amide bonds. The Bertz CT molecular complexity index is 994. The van der Waals surface area contributed by atoms with Crippen LogP contribution in [-0.2, 0) is 4.74 Å². The van der Waals surface area contributed by atoms with E-state index < -0.39 is 0 Å². The van der Waals surface area contributed by atoms with Crippen molar-refractivity contribution in [2.24, 2.45) is 0 Å². The highest BCUT2D eigenvalue weighted by Crippen LogP contribution is 2.35. The molecule has 1 fully saturated rings. The molecule has 1 saturated heterocycles. The minimum absolute atomic E-state index is 0.292. The van der Waals surface area contributed by atoms with E-state index in [1.807, 2.05) is 23.6 Å². The van der Waals surface area contributed by atoms with Gasteiger partial charge in [0.1, 0.15) is 16.9 Å². The number of nitriles is 1. The van der Waals surface area contributed by atoms with Crippen molar-refractivity contribution in [1.82, 2.24) is 9.88 Å². The lowest BCUT2D eigenvalue weighted by Gasteiger charge is -2.26. The molecular formula is C22H20FN3OS2. The van der Waals surface area contributed by atoms with Crippen LogP contribution in [0.1, 0.15) is 5.56 Å². The fourth-order valence-electron chi connectivity index (χ4n) is 3.24. The van der Waals surface area contributed by atoms with Crippen LogP contribution in [0, 0.1) is 17.1 Å². The summed E-state index contributed by atoms with van der Waals surface area (Å²) >= 11 is 3.22. The Hall–Kier alpha value is -2.24. The van der Waals surface area contributed by atoms with Crippen LogP contribution in [-0.4, -0.2) is 48.5 Å². The van der Waals surface area contributed by atoms with Crippen molar-refractivity contribution in [3.63, 3.8) is 0 Å². The number of hydrogen-bond donors (Lipinski definition) is 0. The van der Waals surface area contributed by atoms with Gasteiger partial charge < -0.3 is 4.74 Å². The summed E-state index contributed by atoms with van der Waals surface area (Å²) in [6, 6.07) is 14.6. The van der Waals surface area contributed by atoms with Gasteiger partial charge in [-0.3, -0.25) is 4.90 Å². The molecular weight excluding hydrogens is 405 g/mol. The van der Waals surface area contributed by atoms with E-state index in [1.54, 1.807) is 35.2 Å². The van der Waals surface area contributed by atoms with Crippen molar-refractivity contribution in [3.8, 4) is 27.8 Å². The average Bonchev–Trinajstić information content (AvgIpc) is 3.29. The highest BCUT2D eigenvalue weighted by Gasteiger charge is 2.17. The Morgan fingerprint density at radius 2 is 2.00 bits per heavy atom. The van der Waals surface area contributed by atoms with Crippen LogP contribution in [0.5, 0.6) is 0 Å². The smallest absolute Gasteiger partial charge is 0.123 e. The van der Waals surface area contributed by atoms with E-state index in [9.17, 15) is 9.65 Å². The number of halogens is 1. The van der Waals surface area contributed by atoms with Crippen LogP contribution in [0.3, 0.4) is 0 Å². The molecule has 3 heterocycles. The third-order valence-corrected chi connectivity index (χ3v) is 6.62. The maximum atomic E-state index is 13.4. The Morgan fingerprint density at radius 3 is 2.69 bits per heavy atom. The molecule has 0 atom stereocenters. The third-order valence-electron chi connectivity index (χ3n) is 4.78. The Balaban J connectivity index is 1.66. The van der Waals surface area contributed by atoms with E-state index in [-0.39, 0.29) is 5.82 Å². The first-order valence-electron chi connectivity index (χ1n) is 9.42. The standard InChI is InChI=1S/C22H20FN3OS2/c23-17-5-3-16(4-6-17)18-14-20(21-2-1-12-28-21)25-22(19(18)15-24)29-13-9-26-7-10-27-11-8-26/h1-6,12,14H,7-11,13H2. The first-order chi connectivity index (χ1) is 14.2. The molecule has 0 saturated carbocycles. The number of nitrogens with zero attached hydrogens (tertiary/aromatic N) is 3. The Kier molecular flexibility index (Phi) is 6.57. The van der Waals surface area contributed by atoms with Crippen molar-refractivity contribution in [2.45, 2.75) is 5.03 Å². The molecule has 0 spiro atoms. The average molecular weight is 426 g/mol. The second kappa shape index (κ2) is 9.51. The molecule has 0 bridgehead atoms. The lowest BCUT2D eigenvalue weighted by Crippen LogP contribution is -2.37. The molecule has 1 aliphatic heterocycles. The number of thiophene rings is 1. The van der Waals surface area contributed by atoms with Crippen LogP contribution < -0.4 is 0 Å². The molecule has 4 rings (SSSR count). The van der Waals surface area contributed by atoms with Crippen LogP contribution in [0.15, 0.2) is 52.9 Å². The van der Waals surface area contributed by atoms with E-state index in [0.29, 0.717) is 5.56 Å². The van der Waals surface area contributed by atoms with Gasteiger partial charge in [0.25, 0.3) is 0 Å². The summed E-state index contributed by atoms with van der Waals surface area (Å²) < 4.78 is 18.8. The zero-order valence-electron chi connectivity index (χ0n) is 15.8. The van der Waals surface area contributed by atoms with Crippen LogP contribution in [0.4, 0.5) is 4.39 Å². The predicted molar refractivity (Wildman–Crippen MR) is 116 cm³/mol. The lowest BCUT2D eigenvalue weighted by atomic mass is 10.0. The molecule has 7 heteroatoms. The van der Waals surface area contributed by atoms with E-state index in [1.165, 1.54) is 12.1 Å². The number of aromatic nitrogens is 1. The summed E-state index contributed by atoms with van der Waals surface area (Å²) in [4.78, 5) is 8.22. The Labute approximate surface area is 178 Å². The van der Waals surface area contributed by atoms with Crippen molar-refractivity contribution < 1.29 is 9.13 Å². The summed E-state index contributed by atoms with van der Waals surface area (Å²) in [5, 5.41) is 12.6. The van der Waals surface area contributed by atoms with Crippen molar-refractivity contribution in [3.05, 3.63) is 59.2 Å². The van der Waals surface area contributed by atoms with Gasteiger partial charge in [0.2, 0.25) is 0 Å². The number of hydrogen-bond acceptors (Lipinski definition) is 6. The number of morpholine rings is 1. The topological polar surface area (TPSA) is 49.2 Å². The summed E-state index contributed by atoms with van der Waals surface area (Å²) in [5.41, 5.74) is 2.99. The normalized spacial score (nSPS) is 14.6. The molecule has 4 nitrogen and oxygen atoms in total. The molecule has 2 aromatic heterocycles. The van der Waals surface area contributed by atoms with E-state index in [2.05, 4.69) is 11.0 Å². The molecule has 1 aromatic carbocycles. The van der Waals surface area contributed by atoms with Gasteiger partial charge in [-0.05, 0) is 35.2 Å². The number of rotatable bonds is 6. The van der Waals surface area contributed by atoms with Gasteiger partial charge in [0, 0.05) is 31.0 Å². The SMILES string of the molecule is N#Cc1c(-c2ccc(F)cc2)cc(-c2cccs2)nc1SCCN1CCOCC1. The molecule has 0 radical (unpaired) electrons. The fraction of sp³-hybridized carbons (Fsp3) is 0.273. The number of benzene rings is 1. The maximum absolute atomic E-state index is 13.4. The fourth-order valence-corrected chi connectivity index (χ4v) is 4.93. The van der Waals surface area contributed by atoms with Crippen LogP contribution >= 0.6 is 23.1 Å². The molecule has 0 aliphatic carbocycles. The van der Waals surface area contributed by atoms with Gasteiger partial charge in [-0.1, -0.05) is 18.2 Å². The van der Waals surface area contributed by atoms with Crippen molar-refractivity contribution >= 4 is 23.1 Å². The lowest BCUT2D eigenvalue weighted by molar-refractivity contribution is 0.0410. The zero-order chi connectivity index (χ0) is 20.1. The van der Waals surface area contributed by atoms with Crippen molar-refractivity contribution in [2.75, 3.05) is 38.6 Å². The predicted octanol–water partition coefficient (Wildman–Crippen LogP) is 4.91. The molecule has 29 heavy (non-hydrogen) atoms. The second-order valence-electron chi connectivity index (χ2n) is 6.63. The first kappa shape index (κ1) is 20.0. The van der Waals surface area contributed by atoms with Crippen LogP contribution in [0.2, 0.25) is 0 Å². The summed E-state index contributed by atoms with van der Waals surface area (Å²) in [6.45, 7) is 4.35. The summed E-state index contributed by atoms with van der Waals surface area (Å²) in [5.74, 6) is 0.554. The third kappa shape index (κ3) is 4.85. The van der Waals surface area contributed by atoms with Gasteiger partial charge in [-0.25, -0.2) is 9.37 Å². The quantitative estimate of drug-likeness (QED) is 0.525. The highest BCUT2D eigenvalue weighted by atomic mass is 32.2. The zero-order valence-corrected chi connectivity index (χ0v) is 17.4. The number of ether oxygens (including phenoxy) is 1. The first-order valence-corrected chi connectivity index (χ1v) is 11.3. The maximum Gasteiger partial charge on any atom is 0.123 e. The Morgan fingerprint density at radius 1 is 1.21 bits per heavy atom. The molecule has 3 aromatic rings. The molecule has 0 unspecified atom stereocenters. The van der Waals surface area contributed by atoms with E-state index >= 15 is 0 Å². The van der Waals surface area contributed by atoms with E-state index in [4.69, 9.17) is 9.72 Å². The number of pyridine rings is 1. The van der Waals surface area contributed by atoms with Gasteiger partial charge in [0.15, 0.2) is 0 Å². The number of thioether (sulfide) groups is 1. The minimum Gasteiger partial charge on any atom is -0.379 e. The largest absolute Gasteiger partial charge is 0.379 e. The summed E-state index contributed by atoms with van der Waals surface area (Å²) in [7, 11) is 0.